The highest BCUT2D eigenvalue weighted by Gasteiger charge is 2.12. The molecule has 0 fully saturated rings. The highest BCUT2D eigenvalue weighted by molar-refractivity contribution is 6.17. The van der Waals surface area contributed by atoms with Crippen LogP contribution in [0.5, 0.6) is 0 Å². The second-order valence-electron chi connectivity index (χ2n) is 5.99. The Balaban J connectivity index is 1.95. The fourth-order valence-corrected chi connectivity index (χ4v) is 3.17. The van der Waals surface area contributed by atoms with Gasteiger partial charge >= 0.3 is 0 Å². The molecule has 0 saturated carbocycles. The lowest BCUT2D eigenvalue weighted by atomic mass is 10.00. The Bertz CT molecular complexity index is 967. The van der Waals surface area contributed by atoms with Gasteiger partial charge in [-0.3, -0.25) is 4.79 Å². The van der Waals surface area contributed by atoms with Gasteiger partial charge < -0.3 is 10.2 Å². The fraction of sp³-hybridized carbons (Fsp3) is 0.182. The van der Waals surface area contributed by atoms with Gasteiger partial charge in [0.05, 0.1) is 0 Å². The molecule has 130 valence electrons. The molecule has 0 aliphatic carbocycles. The number of hydrogen-bond donors (Lipinski definition) is 1. The highest BCUT2D eigenvalue weighted by atomic mass is 16.1. The van der Waals surface area contributed by atoms with Gasteiger partial charge in [0.25, 0.3) is 5.78 Å². The largest absolute Gasteiger partial charge is 0.372 e. The first-order valence-corrected chi connectivity index (χ1v) is 8.76. The fourth-order valence-electron chi connectivity index (χ4n) is 3.17. The van der Waals surface area contributed by atoms with Crippen molar-refractivity contribution in [1.82, 2.24) is 0 Å². The van der Waals surface area contributed by atoms with E-state index in [0.29, 0.717) is 5.56 Å². The average Bonchev–Trinajstić information content (AvgIpc) is 2.70. The van der Waals surface area contributed by atoms with Gasteiger partial charge in [0.2, 0.25) is 0 Å². The van der Waals surface area contributed by atoms with Crippen LogP contribution in [0.15, 0.2) is 60.7 Å². The minimum atomic E-state index is -0.517. The molecule has 0 heterocycles. The zero-order valence-electron chi connectivity index (χ0n) is 15.0. The molecular formula is C22H21N3O. The van der Waals surface area contributed by atoms with E-state index in [2.05, 4.69) is 48.3 Å². The number of carbonyl (C=O) groups is 1. The number of nitrogens with one attached hydrogen (secondary N) is 1. The Hall–Kier alpha value is -3.32. The van der Waals surface area contributed by atoms with Gasteiger partial charge in [-0.05, 0) is 55.6 Å². The molecule has 26 heavy (non-hydrogen) atoms. The van der Waals surface area contributed by atoms with E-state index in [1.54, 1.807) is 12.1 Å². The molecule has 0 aliphatic heterocycles. The Morgan fingerprint density at radius 3 is 2.23 bits per heavy atom. The van der Waals surface area contributed by atoms with Crippen molar-refractivity contribution in [2.75, 3.05) is 23.3 Å². The molecule has 0 amide bonds. The number of nitriles is 1. The molecule has 4 nitrogen and oxygen atoms in total. The molecule has 0 radical (unpaired) electrons. The van der Waals surface area contributed by atoms with E-state index in [-0.39, 0.29) is 0 Å². The van der Waals surface area contributed by atoms with Crippen molar-refractivity contribution < 1.29 is 4.79 Å². The highest BCUT2D eigenvalue weighted by Crippen LogP contribution is 2.30. The van der Waals surface area contributed by atoms with Crippen LogP contribution in [0.3, 0.4) is 0 Å². The summed E-state index contributed by atoms with van der Waals surface area (Å²) >= 11 is 0. The quantitative estimate of drug-likeness (QED) is 0.497. The molecule has 3 rings (SSSR count). The molecule has 0 atom stereocenters. The number of ketones is 1. The maximum atomic E-state index is 11.9. The molecule has 1 N–H and O–H groups in total. The molecule has 0 aromatic heterocycles. The molecule has 0 saturated heterocycles. The van der Waals surface area contributed by atoms with E-state index in [9.17, 15) is 4.79 Å². The van der Waals surface area contributed by atoms with Gasteiger partial charge in [0.15, 0.2) is 0 Å². The molecule has 3 aromatic rings. The second-order valence-corrected chi connectivity index (χ2v) is 5.99. The molecular weight excluding hydrogens is 322 g/mol. The Morgan fingerprint density at radius 2 is 1.62 bits per heavy atom. The summed E-state index contributed by atoms with van der Waals surface area (Å²) in [7, 11) is 0. The van der Waals surface area contributed by atoms with Gasteiger partial charge in [-0.15, -0.1) is 0 Å². The van der Waals surface area contributed by atoms with Crippen molar-refractivity contribution in [3.05, 3.63) is 66.2 Å². The number of rotatable bonds is 6. The van der Waals surface area contributed by atoms with E-state index in [4.69, 9.17) is 5.26 Å². The lowest BCUT2D eigenvalue weighted by Gasteiger charge is -2.21. The summed E-state index contributed by atoms with van der Waals surface area (Å²) in [5.74, 6) is -0.517. The van der Waals surface area contributed by atoms with Crippen LogP contribution in [0, 0.1) is 11.3 Å². The predicted octanol–water partition coefficient (Wildman–Crippen LogP) is 5.14. The maximum absolute atomic E-state index is 11.9. The molecule has 0 unspecified atom stereocenters. The number of Topliss-reactive ketones (excluding diaryl/α,β-unsaturated/α-hetero) is 1. The third-order valence-electron chi connectivity index (χ3n) is 4.55. The summed E-state index contributed by atoms with van der Waals surface area (Å²) in [5, 5.41) is 14.1. The van der Waals surface area contributed by atoms with Gasteiger partial charge in [0.1, 0.15) is 6.07 Å². The first-order valence-electron chi connectivity index (χ1n) is 8.76. The Kier molecular flexibility index (Phi) is 5.19. The van der Waals surface area contributed by atoms with Crippen molar-refractivity contribution in [3.63, 3.8) is 0 Å². The van der Waals surface area contributed by atoms with Gasteiger partial charge in [-0.2, -0.15) is 5.26 Å². The summed E-state index contributed by atoms with van der Waals surface area (Å²) in [6.07, 6.45) is 0. The second kappa shape index (κ2) is 7.71. The van der Waals surface area contributed by atoms with E-state index in [0.717, 1.165) is 35.2 Å². The molecule has 0 aliphatic rings. The van der Waals surface area contributed by atoms with E-state index in [1.165, 1.54) is 5.69 Å². The summed E-state index contributed by atoms with van der Waals surface area (Å²) in [6.45, 7) is 6.24. The third kappa shape index (κ3) is 3.38. The summed E-state index contributed by atoms with van der Waals surface area (Å²) in [6, 6.07) is 21.2. The number of hydrogen-bond acceptors (Lipinski definition) is 4. The zero-order valence-corrected chi connectivity index (χ0v) is 15.0. The third-order valence-corrected chi connectivity index (χ3v) is 4.55. The van der Waals surface area contributed by atoms with Crippen LogP contribution in [0.25, 0.3) is 10.8 Å². The average molecular weight is 343 g/mol. The first-order chi connectivity index (χ1) is 12.7. The minimum Gasteiger partial charge on any atom is -0.372 e. The molecule has 0 spiro atoms. The van der Waals surface area contributed by atoms with Crippen LogP contribution in [-0.4, -0.2) is 18.9 Å². The van der Waals surface area contributed by atoms with Crippen LogP contribution < -0.4 is 10.2 Å². The lowest BCUT2D eigenvalue weighted by molar-refractivity contribution is 0.105. The van der Waals surface area contributed by atoms with Crippen LogP contribution >= 0.6 is 0 Å². The standard InChI is InChI=1S/C22H21N3O/c1-3-25(4-2)17-11-9-16(10-12-17)24-21-14-13-20(22(26)15-23)18-7-5-6-8-19(18)21/h5-14,24H,3-4H2,1-2H3. The first kappa shape index (κ1) is 17.5. The zero-order chi connectivity index (χ0) is 18.5. The number of anilines is 3. The monoisotopic (exact) mass is 343 g/mol. The lowest BCUT2D eigenvalue weighted by Crippen LogP contribution is -2.21. The van der Waals surface area contributed by atoms with Crippen LogP contribution in [0.2, 0.25) is 0 Å². The van der Waals surface area contributed by atoms with E-state index < -0.39 is 5.78 Å². The number of benzene rings is 3. The van der Waals surface area contributed by atoms with Crippen molar-refractivity contribution in [3.8, 4) is 6.07 Å². The number of carbonyl (C=O) groups excluding carboxylic acids is 1. The maximum Gasteiger partial charge on any atom is 0.262 e. The SMILES string of the molecule is CCN(CC)c1ccc(Nc2ccc(C(=O)C#N)c3ccccc23)cc1. The van der Waals surface area contributed by atoms with Crippen LogP contribution in [-0.2, 0) is 0 Å². The van der Waals surface area contributed by atoms with Crippen molar-refractivity contribution in [2.45, 2.75) is 13.8 Å². The summed E-state index contributed by atoms with van der Waals surface area (Å²) in [5.41, 5.74) is 3.52. The smallest absolute Gasteiger partial charge is 0.262 e. The van der Waals surface area contributed by atoms with Crippen LogP contribution in [0.1, 0.15) is 24.2 Å². The number of nitrogens with zero attached hydrogens (tertiary/aromatic N) is 2. The topological polar surface area (TPSA) is 56.1 Å². The molecule has 3 aromatic carbocycles. The molecule has 4 heteroatoms. The van der Waals surface area contributed by atoms with E-state index >= 15 is 0 Å². The summed E-state index contributed by atoms with van der Waals surface area (Å²) < 4.78 is 0. The van der Waals surface area contributed by atoms with Crippen molar-refractivity contribution in [2.24, 2.45) is 0 Å². The number of fused-ring (bicyclic) bond motifs is 1. The minimum absolute atomic E-state index is 0.436. The van der Waals surface area contributed by atoms with Crippen molar-refractivity contribution in [1.29, 1.82) is 5.26 Å². The van der Waals surface area contributed by atoms with Crippen LogP contribution in [0.4, 0.5) is 17.1 Å². The predicted molar refractivity (Wildman–Crippen MR) is 107 cm³/mol. The van der Waals surface area contributed by atoms with Crippen molar-refractivity contribution >= 4 is 33.6 Å². The van der Waals surface area contributed by atoms with E-state index in [1.807, 2.05) is 30.3 Å². The normalized spacial score (nSPS) is 10.3. The summed E-state index contributed by atoms with van der Waals surface area (Å²) in [4.78, 5) is 14.2. The van der Waals surface area contributed by atoms with Gasteiger partial charge in [-0.25, -0.2) is 0 Å². The molecule has 0 bridgehead atoms. The van der Waals surface area contributed by atoms with Gasteiger partial charge in [-0.1, -0.05) is 24.3 Å². The van der Waals surface area contributed by atoms with Gasteiger partial charge in [0, 0.05) is 41.1 Å². The Labute approximate surface area is 153 Å². The Morgan fingerprint density at radius 1 is 0.962 bits per heavy atom.